The molecule has 0 heteroatoms. The summed E-state index contributed by atoms with van der Waals surface area (Å²) in [7, 11) is 0. The van der Waals surface area contributed by atoms with Crippen LogP contribution in [0.2, 0.25) is 0 Å². The second-order valence-electron chi connectivity index (χ2n) is 4.19. The Kier molecular flexibility index (Phi) is 2.38. The van der Waals surface area contributed by atoms with Crippen molar-refractivity contribution in [3.05, 3.63) is 6.42 Å². The Morgan fingerprint density at radius 1 is 1.40 bits per heavy atom. The topological polar surface area (TPSA) is 0 Å². The summed E-state index contributed by atoms with van der Waals surface area (Å²) in [5, 5.41) is 0. The summed E-state index contributed by atoms with van der Waals surface area (Å²) >= 11 is 0. The Hall–Kier alpha value is 0. The van der Waals surface area contributed by atoms with E-state index in [2.05, 4.69) is 27.2 Å². The van der Waals surface area contributed by atoms with Crippen molar-refractivity contribution in [1.82, 2.24) is 0 Å². The van der Waals surface area contributed by atoms with E-state index in [9.17, 15) is 0 Å². The van der Waals surface area contributed by atoms with E-state index in [-0.39, 0.29) is 0 Å². The first-order valence-corrected chi connectivity index (χ1v) is 4.47. The van der Waals surface area contributed by atoms with Gasteiger partial charge in [-0.3, -0.25) is 0 Å². The summed E-state index contributed by atoms with van der Waals surface area (Å²) in [5.74, 6) is 0.851. The highest BCUT2D eigenvalue weighted by atomic mass is 14.3. The fraction of sp³-hybridized carbons (Fsp3) is 0.900. The van der Waals surface area contributed by atoms with Crippen LogP contribution in [0.3, 0.4) is 0 Å². The van der Waals surface area contributed by atoms with E-state index in [4.69, 9.17) is 0 Å². The van der Waals surface area contributed by atoms with Crippen LogP contribution in [-0.2, 0) is 0 Å². The predicted molar refractivity (Wildman–Crippen MR) is 45.7 cm³/mol. The highest BCUT2D eigenvalue weighted by molar-refractivity contribution is 4.88. The molecule has 0 aliphatic heterocycles. The van der Waals surface area contributed by atoms with Crippen LogP contribution in [0.1, 0.15) is 46.5 Å². The normalized spacial score (nSPS) is 25.2. The lowest BCUT2D eigenvalue weighted by Crippen LogP contribution is -2.26. The third-order valence-electron chi connectivity index (χ3n) is 3.16. The lowest BCUT2D eigenvalue weighted by Gasteiger charge is -2.37. The van der Waals surface area contributed by atoms with Crippen LogP contribution in [0.25, 0.3) is 0 Å². The molecule has 1 aliphatic rings. The number of hydrogen-bond donors (Lipinski definition) is 0. The van der Waals surface area contributed by atoms with Crippen molar-refractivity contribution in [1.29, 1.82) is 0 Å². The van der Waals surface area contributed by atoms with Gasteiger partial charge in [0.1, 0.15) is 0 Å². The first-order chi connectivity index (χ1) is 4.65. The SMILES string of the molecule is CC(C)C1(C)C[CH]CCC1. The molecule has 1 fully saturated rings. The van der Waals surface area contributed by atoms with Crippen LogP contribution >= 0.6 is 0 Å². The Morgan fingerprint density at radius 3 is 2.40 bits per heavy atom. The lowest BCUT2D eigenvalue weighted by molar-refractivity contribution is 0.170. The van der Waals surface area contributed by atoms with Crippen LogP contribution in [-0.4, -0.2) is 0 Å². The van der Waals surface area contributed by atoms with Crippen molar-refractivity contribution in [2.75, 3.05) is 0 Å². The van der Waals surface area contributed by atoms with Gasteiger partial charge in [0.25, 0.3) is 0 Å². The Balaban J connectivity index is 2.48. The minimum absolute atomic E-state index is 0.623. The van der Waals surface area contributed by atoms with E-state index in [0.29, 0.717) is 5.41 Å². The molecule has 1 atom stereocenters. The zero-order valence-electron chi connectivity index (χ0n) is 7.48. The van der Waals surface area contributed by atoms with E-state index in [1.165, 1.54) is 25.7 Å². The molecule has 0 aromatic carbocycles. The van der Waals surface area contributed by atoms with E-state index < -0.39 is 0 Å². The van der Waals surface area contributed by atoms with Crippen LogP contribution < -0.4 is 0 Å². The van der Waals surface area contributed by atoms with Gasteiger partial charge in [0.05, 0.1) is 0 Å². The van der Waals surface area contributed by atoms with Gasteiger partial charge in [0.15, 0.2) is 0 Å². The average molecular weight is 139 g/mol. The fourth-order valence-corrected chi connectivity index (χ4v) is 1.71. The van der Waals surface area contributed by atoms with Gasteiger partial charge in [-0.25, -0.2) is 0 Å². The molecule has 0 heterocycles. The van der Waals surface area contributed by atoms with Gasteiger partial charge < -0.3 is 0 Å². The molecule has 1 saturated carbocycles. The minimum atomic E-state index is 0.623. The van der Waals surface area contributed by atoms with Crippen molar-refractivity contribution in [2.45, 2.75) is 46.5 Å². The molecule has 1 rings (SSSR count). The van der Waals surface area contributed by atoms with Crippen LogP contribution in [0.4, 0.5) is 0 Å². The van der Waals surface area contributed by atoms with E-state index in [1.54, 1.807) is 0 Å². The van der Waals surface area contributed by atoms with Crippen molar-refractivity contribution in [3.63, 3.8) is 0 Å². The van der Waals surface area contributed by atoms with Gasteiger partial charge >= 0.3 is 0 Å². The molecular weight excluding hydrogens is 120 g/mol. The first kappa shape index (κ1) is 8.10. The minimum Gasteiger partial charge on any atom is -0.0623 e. The zero-order valence-corrected chi connectivity index (χ0v) is 7.48. The molecule has 10 heavy (non-hydrogen) atoms. The van der Waals surface area contributed by atoms with Gasteiger partial charge in [-0.2, -0.15) is 0 Å². The maximum atomic E-state index is 2.46. The van der Waals surface area contributed by atoms with Gasteiger partial charge in [-0.15, -0.1) is 0 Å². The maximum Gasteiger partial charge on any atom is -0.0300 e. The second kappa shape index (κ2) is 2.94. The molecule has 0 aromatic rings. The van der Waals surface area contributed by atoms with E-state index >= 15 is 0 Å². The summed E-state index contributed by atoms with van der Waals surface area (Å²) in [5.41, 5.74) is 0.623. The molecule has 0 amide bonds. The lowest BCUT2D eigenvalue weighted by atomic mass is 9.69. The smallest absolute Gasteiger partial charge is 0.0300 e. The van der Waals surface area contributed by atoms with Crippen LogP contribution in [0, 0.1) is 17.8 Å². The Morgan fingerprint density at radius 2 is 2.10 bits per heavy atom. The quantitative estimate of drug-likeness (QED) is 0.522. The number of rotatable bonds is 1. The molecule has 0 N–H and O–H groups in total. The van der Waals surface area contributed by atoms with Crippen molar-refractivity contribution in [3.8, 4) is 0 Å². The monoisotopic (exact) mass is 139 g/mol. The summed E-state index contributed by atoms with van der Waals surface area (Å²) < 4.78 is 0. The molecule has 0 aromatic heterocycles. The van der Waals surface area contributed by atoms with Gasteiger partial charge in [-0.1, -0.05) is 33.6 Å². The summed E-state index contributed by atoms with van der Waals surface area (Å²) in [6.45, 7) is 7.12. The van der Waals surface area contributed by atoms with Gasteiger partial charge in [0, 0.05) is 0 Å². The molecule has 1 radical (unpaired) electrons. The van der Waals surface area contributed by atoms with Gasteiger partial charge in [-0.05, 0) is 30.6 Å². The molecule has 0 spiro atoms. The maximum absolute atomic E-state index is 2.46. The molecule has 0 bridgehead atoms. The Labute approximate surface area is 65.0 Å². The third-order valence-corrected chi connectivity index (χ3v) is 3.16. The summed E-state index contributed by atoms with van der Waals surface area (Å²) in [6.07, 6.45) is 7.99. The van der Waals surface area contributed by atoms with Gasteiger partial charge in [0.2, 0.25) is 0 Å². The summed E-state index contributed by atoms with van der Waals surface area (Å²) in [4.78, 5) is 0. The molecule has 59 valence electrons. The summed E-state index contributed by atoms with van der Waals surface area (Å²) in [6, 6.07) is 0. The zero-order chi connectivity index (χ0) is 7.61. The highest BCUT2D eigenvalue weighted by Gasteiger charge is 2.29. The molecular formula is C10H19. The van der Waals surface area contributed by atoms with Crippen molar-refractivity contribution >= 4 is 0 Å². The second-order valence-corrected chi connectivity index (χ2v) is 4.19. The van der Waals surface area contributed by atoms with Crippen molar-refractivity contribution in [2.24, 2.45) is 11.3 Å². The van der Waals surface area contributed by atoms with Crippen LogP contribution in [0.15, 0.2) is 0 Å². The predicted octanol–water partition coefficient (Wildman–Crippen LogP) is 3.43. The molecule has 0 nitrogen and oxygen atoms in total. The highest BCUT2D eigenvalue weighted by Crippen LogP contribution is 2.41. The third kappa shape index (κ3) is 1.53. The average Bonchev–Trinajstić information content (AvgIpc) is 1.89. The van der Waals surface area contributed by atoms with Crippen molar-refractivity contribution < 1.29 is 0 Å². The number of hydrogen-bond acceptors (Lipinski definition) is 0. The molecule has 0 saturated heterocycles. The standard InChI is InChI=1S/C10H19/c1-9(2)10(3)7-5-4-6-8-10/h5,9H,4,6-8H2,1-3H3. The Bertz CT molecular complexity index is 96.6. The first-order valence-electron chi connectivity index (χ1n) is 4.47. The van der Waals surface area contributed by atoms with E-state index in [0.717, 1.165) is 5.92 Å². The molecule has 1 aliphatic carbocycles. The van der Waals surface area contributed by atoms with E-state index in [1.807, 2.05) is 0 Å². The molecule has 1 unspecified atom stereocenters. The van der Waals surface area contributed by atoms with Crippen LogP contribution in [0.5, 0.6) is 0 Å². The largest absolute Gasteiger partial charge is 0.0623 e. The fourth-order valence-electron chi connectivity index (χ4n) is 1.71.